The molecule has 2 N–H and O–H groups in total. The summed E-state index contributed by atoms with van der Waals surface area (Å²) in [4.78, 5) is 6.85. The molecule has 1 heterocycles. The molecule has 2 rings (SSSR count). The molecule has 1 aromatic rings. The van der Waals surface area contributed by atoms with Crippen molar-refractivity contribution in [1.82, 2.24) is 10.2 Å². The molecule has 0 aliphatic carbocycles. The van der Waals surface area contributed by atoms with Gasteiger partial charge in [-0.3, -0.25) is 9.89 Å². The summed E-state index contributed by atoms with van der Waals surface area (Å²) in [7, 11) is 3.42. The number of morpholine rings is 1. The van der Waals surface area contributed by atoms with E-state index in [0.717, 1.165) is 50.2 Å². The Balaban J connectivity index is 1.98. The zero-order chi connectivity index (χ0) is 19.6. The predicted molar refractivity (Wildman–Crippen MR) is 110 cm³/mol. The lowest BCUT2D eigenvalue weighted by molar-refractivity contribution is 0.00757. The second kappa shape index (κ2) is 11.0. The number of nitrogens with one attached hydrogen (secondary N) is 2. The topological polar surface area (TPSA) is 67.4 Å². The molecule has 0 spiro atoms. The average Bonchev–Trinajstić information content (AvgIpc) is 2.69. The summed E-state index contributed by atoms with van der Waals surface area (Å²) >= 11 is 0. The molecule has 0 bridgehead atoms. The van der Waals surface area contributed by atoms with E-state index >= 15 is 0 Å². The van der Waals surface area contributed by atoms with Crippen LogP contribution in [0.2, 0.25) is 0 Å². The number of anilines is 1. The van der Waals surface area contributed by atoms with Crippen LogP contribution in [-0.4, -0.2) is 70.5 Å². The Morgan fingerprint density at radius 3 is 2.59 bits per heavy atom. The van der Waals surface area contributed by atoms with Crippen LogP contribution in [0.25, 0.3) is 0 Å². The van der Waals surface area contributed by atoms with Gasteiger partial charge in [0.1, 0.15) is 0 Å². The summed E-state index contributed by atoms with van der Waals surface area (Å²) in [5.74, 6) is 2.71. The maximum absolute atomic E-state index is 5.57. The Hall–Kier alpha value is -1.99. The van der Waals surface area contributed by atoms with Gasteiger partial charge >= 0.3 is 0 Å². The van der Waals surface area contributed by atoms with E-state index in [-0.39, 0.29) is 0 Å². The van der Waals surface area contributed by atoms with Crippen molar-refractivity contribution in [1.29, 1.82) is 0 Å². The van der Waals surface area contributed by atoms with E-state index in [9.17, 15) is 0 Å². The third-order valence-corrected chi connectivity index (χ3v) is 4.71. The summed E-state index contributed by atoms with van der Waals surface area (Å²) in [5.41, 5.74) is 0.899. The van der Waals surface area contributed by atoms with Crippen LogP contribution in [0.3, 0.4) is 0 Å². The number of guanidine groups is 1. The number of hydrogen-bond acceptors (Lipinski definition) is 5. The monoisotopic (exact) mass is 378 g/mol. The van der Waals surface area contributed by atoms with Gasteiger partial charge in [0.2, 0.25) is 0 Å². The Morgan fingerprint density at radius 2 is 2.00 bits per heavy atom. The molecule has 1 aliphatic heterocycles. The zero-order valence-corrected chi connectivity index (χ0v) is 17.2. The molecule has 0 saturated carbocycles. The maximum Gasteiger partial charge on any atom is 0.195 e. The number of methoxy groups -OCH3 is 1. The summed E-state index contributed by atoms with van der Waals surface area (Å²) in [6, 6.07) is 6.22. The lowest BCUT2D eigenvalue weighted by Gasteiger charge is -2.37. The Kier molecular flexibility index (Phi) is 8.67. The first-order valence-electron chi connectivity index (χ1n) is 9.69. The van der Waals surface area contributed by atoms with Crippen molar-refractivity contribution in [2.24, 2.45) is 10.9 Å². The second-order valence-electron chi connectivity index (χ2n) is 6.84. The molecule has 0 aromatic heterocycles. The Labute approximate surface area is 163 Å². The van der Waals surface area contributed by atoms with Crippen molar-refractivity contribution in [3.63, 3.8) is 0 Å². The van der Waals surface area contributed by atoms with Crippen LogP contribution < -0.4 is 20.1 Å². The van der Waals surface area contributed by atoms with E-state index in [0.29, 0.717) is 24.3 Å². The first-order valence-corrected chi connectivity index (χ1v) is 9.69. The Morgan fingerprint density at radius 1 is 1.26 bits per heavy atom. The minimum atomic E-state index is 0.433. The lowest BCUT2D eigenvalue weighted by atomic mass is 10.0. The molecule has 1 aromatic carbocycles. The van der Waals surface area contributed by atoms with Crippen LogP contribution >= 0.6 is 0 Å². The van der Waals surface area contributed by atoms with Crippen LogP contribution in [0, 0.1) is 5.92 Å². The molecular formula is C20H34N4O3. The Bertz CT molecular complexity index is 601. The molecule has 27 heavy (non-hydrogen) atoms. The first kappa shape index (κ1) is 21.3. The SMILES string of the molecule is CCOc1ccc(NC(=NC)NCC(C(C)C)N2CCOCC2)cc1OC. The van der Waals surface area contributed by atoms with Crippen molar-refractivity contribution in [2.45, 2.75) is 26.8 Å². The highest BCUT2D eigenvalue weighted by atomic mass is 16.5. The van der Waals surface area contributed by atoms with E-state index in [4.69, 9.17) is 14.2 Å². The van der Waals surface area contributed by atoms with Gasteiger partial charge in [0.25, 0.3) is 0 Å². The number of hydrogen-bond donors (Lipinski definition) is 2. The van der Waals surface area contributed by atoms with Gasteiger partial charge in [-0.05, 0) is 25.0 Å². The second-order valence-corrected chi connectivity index (χ2v) is 6.84. The molecule has 0 radical (unpaired) electrons. The highest BCUT2D eigenvalue weighted by Gasteiger charge is 2.23. The summed E-state index contributed by atoms with van der Waals surface area (Å²) in [6.07, 6.45) is 0. The van der Waals surface area contributed by atoms with Gasteiger partial charge in [-0.1, -0.05) is 13.8 Å². The van der Waals surface area contributed by atoms with Crippen LogP contribution in [0.4, 0.5) is 5.69 Å². The average molecular weight is 379 g/mol. The van der Waals surface area contributed by atoms with Crippen LogP contribution in [-0.2, 0) is 4.74 Å². The van der Waals surface area contributed by atoms with Crippen molar-refractivity contribution in [2.75, 3.05) is 58.9 Å². The molecule has 1 aliphatic rings. The third-order valence-electron chi connectivity index (χ3n) is 4.71. The number of ether oxygens (including phenoxy) is 3. The van der Waals surface area contributed by atoms with Crippen molar-refractivity contribution >= 4 is 11.6 Å². The molecule has 1 saturated heterocycles. The van der Waals surface area contributed by atoms with Crippen LogP contribution in [0.5, 0.6) is 11.5 Å². The van der Waals surface area contributed by atoms with E-state index in [1.165, 1.54) is 0 Å². The molecule has 0 amide bonds. The van der Waals surface area contributed by atoms with Gasteiger partial charge in [0, 0.05) is 44.5 Å². The van der Waals surface area contributed by atoms with E-state index < -0.39 is 0 Å². The number of nitrogens with zero attached hydrogens (tertiary/aromatic N) is 2. The van der Waals surface area contributed by atoms with Gasteiger partial charge in [-0.25, -0.2) is 0 Å². The molecule has 7 heteroatoms. The normalized spacial score (nSPS) is 16.9. The quantitative estimate of drug-likeness (QED) is 0.535. The minimum Gasteiger partial charge on any atom is -0.493 e. The molecule has 1 unspecified atom stereocenters. The highest BCUT2D eigenvalue weighted by molar-refractivity contribution is 5.93. The summed E-state index contributed by atoms with van der Waals surface area (Å²) in [6.45, 7) is 11.5. The molecule has 152 valence electrons. The molecule has 1 atom stereocenters. The van der Waals surface area contributed by atoms with Crippen molar-refractivity contribution < 1.29 is 14.2 Å². The lowest BCUT2D eigenvalue weighted by Crippen LogP contribution is -2.51. The van der Waals surface area contributed by atoms with Crippen molar-refractivity contribution in [3.8, 4) is 11.5 Å². The third kappa shape index (κ3) is 6.29. The van der Waals surface area contributed by atoms with Gasteiger partial charge in [-0.2, -0.15) is 0 Å². The highest BCUT2D eigenvalue weighted by Crippen LogP contribution is 2.30. The van der Waals surface area contributed by atoms with E-state index in [1.54, 1.807) is 14.2 Å². The van der Waals surface area contributed by atoms with Gasteiger partial charge in [0.05, 0.1) is 26.9 Å². The van der Waals surface area contributed by atoms with Crippen molar-refractivity contribution in [3.05, 3.63) is 18.2 Å². The van der Waals surface area contributed by atoms with Gasteiger partial charge in [-0.15, -0.1) is 0 Å². The first-order chi connectivity index (χ1) is 13.1. The molecule has 7 nitrogen and oxygen atoms in total. The zero-order valence-electron chi connectivity index (χ0n) is 17.2. The summed E-state index contributed by atoms with van der Waals surface area (Å²) in [5, 5.41) is 6.79. The van der Waals surface area contributed by atoms with Crippen LogP contribution in [0.15, 0.2) is 23.2 Å². The fourth-order valence-corrected chi connectivity index (χ4v) is 3.23. The van der Waals surface area contributed by atoms with E-state index in [2.05, 4.69) is 34.4 Å². The molecular weight excluding hydrogens is 344 g/mol. The number of aliphatic imine (C=N–C) groups is 1. The predicted octanol–water partition coefficient (Wildman–Crippen LogP) is 2.44. The standard InChI is InChI=1S/C20H34N4O3/c1-6-27-18-8-7-16(13-19(18)25-5)23-20(21-4)22-14-17(15(2)3)24-9-11-26-12-10-24/h7-8,13,15,17H,6,9-12,14H2,1-5H3,(H2,21,22,23). The number of rotatable bonds is 8. The fraction of sp³-hybridized carbons (Fsp3) is 0.650. The maximum atomic E-state index is 5.57. The van der Waals surface area contributed by atoms with Crippen LogP contribution in [0.1, 0.15) is 20.8 Å². The smallest absolute Gasteiger partial charge is 0.195 e. The summed E-state index contributed by atoms with van der Waals surface area (Å²) < 4.78 is 16.5. The molecule has 1 fully saturated rings. The fourth-order valence-electron chi connectivity index (χ4n) is 3.23. The van der Waals surface area contributed by atoms with E-state index in [1.807, 2.05) is 25.1 Å². The van der Waals surface area contributed by atoms with Gasteiger partial charge in [0.15, 0.2) is 17.5 Å². The number of benzene rings is 1. The minimum absolute atomic E-state index is 0.433. The van der Waals surface area contributed by atoms with Gasteiger partial charge < -0.3 is 24.8 Å². The largest absolute Gasteiger partial charge is 0.493 e.